The number of benzene rings is 1. The average Bonchev–Trinajstić information content (AvgIpc) is 2.35. The maximum absolute atomic E-state index is 5.66. The molecule has 2 rings (SSSR count). The number of nitrogens with two attached hydrogens (primary N) is 1. The van der Waals surface area contributed by atoms with Crippen LogP contribution in [0.4, 0.5) is 5.95 Å². The fourth-order valence-electron chi connectivity index (χ4n) is 1.21. The molecule has 0 bridgehead atoms. The SMILES string of the molecule is Cc1cnc(NN)nc1Oc1ccc(I)cc1. The maximum Gasteiger partial charge on any atom is 0.240 e. The molecule has 0 unspecified atom stereocenters. The van der Waals surface area contributed by atoms with Crippen LogP contribution in [0, 0.1) is 10.5 Å². The third-order valence-corrected chi connectivity index (χ3v) is 2.80. The van der Waals surface area contributed by atoms with Crippen LogP contribution in [0.1, 0.15) is 5.56 Å². The topological polar surface area (TPSA) is 73.1 Å². The smallest absolute Gasteiger partial charge is 0.240 e. The normalized spacial score (nSPS) is 10.1. The van der Waals surface area contributed by atoms with E-state index in [4.69, 9.17) is 10.6 Å². The Labute approximate surface area is 113 Å². The van der Waals surface area contributed by atoms with Crippen molar-refractivity contribution in [2.45, 2.75) is 6.92 Å². The van der Waals surface area contributed by atoms with Crippen LogP contribution in [0.15, 0.2) is 30.5 Å². The molecule has 1 aromatic carbocycles. The minimum Gasteiger partial charge on any atom is -0.439 e. The number of ether oxygens (including phenoxy) is 1. The van der Waals surface area contributed by atoms with Gasteiger partial charge in [-0.15, -0.1) is 0 Å². The summed E-state index contributed by atoms with van der Waals surface area (Å²) in [6.45, 7) is 1.88. The van der Waals surface area contributed by atoms with Crippen LogP contribution < -0.4 is 16.0 Å². The highest BCUT2D eigenvalue weighted by Gasteiger charge is 2.05. The molecule has 0 saturated heterocycles. The molecule has 0 saturated carbocycles. The van der Waals surface area contributed by atoms with Crippen LogP contribution in [-0.2, 0) is 0 Å². The van der Waals surface area contributed by atoms with Crippen molar-refractivity contribution in [1.29, 1.82) is 0 Å². The van der Waals surface area contributed by atoms with Gasteiger partial charge in [-0.1, -0.05) is 0 Å². The molecule has 0 atom stereocenters. The highest BCUT2D eigenvalue weighted by molar-refractivity contribution is 14.1. The van der Waals surface area contributed by atoms with E-state index in [1.54, 1.807) is 6.20 Å². The molecule has 5 nitrogen and oxygen atoms in total. The van der Waals surface area contributed by atoms with Gasteiger partial charge in [-0.3, -0.25) is 5.43 Å². The van der Waals surface area contributed by atoms with Gasteiger partial charge in [-0.05, 0) is 53.8 Å². The fraction of sp³-hybridized carbons (Fsp3) is 0.0909. The van der Waals surface area contributed by atoms with E-state index in [1.165, 1.54) is 0 Å². The van der Waals surface area contributed by atoms with Gasteiger partial charge in [0.25, 0.3) is 0 Å². The Kier molecular flexibility index (Phi) is 3.75. The molecule has 0 radical (unpaired) electrons. The standard InChI is InChI=1S/C11H11IN4O/c1-7-6-14-11(16-13)15-10(7)17-9-4-2-8(12)3-5-9/h2-6H,13H2,1H3,(H,14,15,16). The van der Waals surface area contributed by atoms with Gasteiger partial charge >= 0.3 is 0 Å². The van der Waals surface area contributed by atoms with Crippen molar-refractivity contribution in [2.24, 2.45) is 5.84 Å². The third kappa shape index (κ3) is 3.04. The quantitative estimate of drug-likeness (QED) is 0.509. The molecule has 0 aliphatic heterocycles. The Balaban J connectivity index is 2.25. The predicted octanol–water partition coefficient (Wildman–Crippen LogP) is 2.47. The Morgan fingerprint density at radius 1 is 1.29 bits per heavy atom. The molecule has 0 aliphatic carbocycles. The highest BCUT2D eigenvalue weighted by atomic mass is 127. The van der Waals surface area contributed by atoms with Crippen LogP contribution in [0.5, 0.6) is 11.6 Å². The Bertz CT molecular complexity index is 515. The summed E-state index contributed by atoms with van der Waals surface area (Å²) in [5.74, 6) is 6.81. The summed E-state index contributed by atoms with van der Waals surface area (Å²) in [5.41, 5.74) is 3.24. The summed E-state index contributed by atoms with van der Waals surface area (Å²) in [4.78, 5) is 8.12. The molecule has 2 aromatic rings. The van der Waals surface area contributed by atoms with Crippen molar-refractivity contribution < 1.29 is 4.74 Å². The summed E-state index contributed by atoms with van der Waals surface area (Å²) in [6.07, 6.45) is 1.66. The minimum atomic E-state index is 0.330. The van der Waals surface area contributed by atoms with E-state index < -0.39 is 0 Å². The van der Waals surface area contributed by atoms with Crippen LogP contribution in [0.3, 0.4) is 0 Å². The number of aromatic nitrogens is 2. The number of hydrogen-bond donors (Lipinski definition) is 2. The summed E-state index contributed by atoms with van der Waals surface area (Å²) in [5, 5.41) is 0. The number of anilines is 1. The number of halogens is 1. The van der Waals surface area contributed by atoms with Gasteiger partial charge in [-0.25, -0.2) is 10.8 Å². The largest absolute Gasteiger partial charge is 0.439 e. The summed E-state index contributed by atoms with van der Waals surface area (Å²) >= 11 is 2.24. The monoisotopic (exact) mass is 342 g/mol. The minimum absolute atomic E-state index is 0.330. The molecule has 1 aromatic heterocycles. The van der Waals surface area contributed by atoms with Crippen molar-refractivity contribution in [2.75, 3.05) is 5.43 Å². The number of nitrogens with zero attached hydrogens (tertiary/aromatic N) is 2. The van der Waals surface area contributed by atoms with Gasteiger partial charge in [0.05, 0.1) is 0 Å². The van der Waals surface area contributed by atoms with E-state index >= 15 is 0 Å². The predicted molar refractivity (Wildman–Crippen MR) is 73.8 cm³/mol. The molecular weight excluding hydrogens is 331 g/mol. The second kappa shape index (κ2) is 5.28. The first-order valence-electron chi connectivity index (χ1n) is 4.92. The molecule has 0 spiro atoms. The lowest BCUT2D eigenvalue weighted by atomic mass is 10.3. The Morgan fingerprint density at radius 2 is 2.00 bits per heavy atom. The summed E-state index contributed by atoms with van der Waals surface area (Å²) in [6, 6.07) is 7.71. The molecule has 0 amide bonds. The average molecular weight is 342 g/mol. The van der Waals surface area contributed by atoms with E-state index in [1.807, 2.05) is 31.2 Å². The summed E-state index contributed by atoms with van der Waals surface area (Å²) < 4.78 is 6.81. The highest BCUT2D eigenvalue weighted by Crippen LogP contribution is 2.23. The molecule has 0 fully saturated rings. The third-order valence-electron chi connectivity index (χ3n) is 2.08. The molecule has 1 heterocycles. The van der Waals surface area contributed by atoms with Gasteiger partial charge in [0.15, 0.2) is 0 Å². The van der Waals surface area contributed by atoms with Gasteiger partial charge in [0, 0.05) is 15.3 Å². The molecule has 88 valence electrons. The van der Waals surface area contributed by atoms with Gasteiger partial charge in [0.2, 0.25) is 11.8 Å². The lowest BCUT2D eigenvalue weighted by Crippen LogP contribution is -2.11. The lowest BCUT2D eigenvalue weighted by Gasteiger charge is -2.08. The number of hydrazine groups is 1. The molecule has 17 heavy (non-hydrogen) atoms. The number of hydrogen-bond acceptors (Lipinski definition) is 5. The first-order chi connectivity index (χ1) is 8.19. The molecular formula is C11H11IN4O. The van der Waals surface area contributed by atoms with E-state index in [2.05, 4.69) is 38.0 Å². The first kappa shape index (κ1) is 12.1. The zero-order chi connectivity index (χ0) is 12.3. The number of rotatable bonds is 3. The Morgan fingerprint density at radius 3 is 2.65 bits per heavy atom. The van der Waals surface area contributed by atoms with Crippen LogP contribution in [0.25, 0.3) is 0 Å². The van der Waals surface area contributed by atoms with Crippen LogP contribution >= 0.6 is 22.6 Å². The molecule has 3 N–H and O–H groups in total. The van der Waals surface area contributed by atoms with E-state index in [-0.39, 0.29) is 0 Å². The molecule has 0 aliphatic rings. The van der Waals surface area contributed by atoms with Crippen molar-refractivity contribution in [3.05, 3.63) is 39.6 Å². The maximum atomic E-state index is 5.66. The number of nitrogen functional groups attached to an aromatic ring is 1. The second-order valence-corrected chi connectivity index (χ2v) is 4.63. The van der Waals surface area contributed by atoms with Crippen molar-refractivity contribution in [3.8, 4) is 11.6 Å². The van der Waals surface area contributed by atoms with E-state index in [9.17, 15) is 0 Å². The number of nitrogens with one attached hydrogen (secondary N) is 1. The number of aryl methyl sites for hydroxylation is 1. The van der Waals surface area contributed by atoms with E-state index in [0.717, 1.165) is 14.9 Å². The van der Waals surface area contributed by atoms with Crippen molar-refractivity contribution in [1.82, 2.24) is 9.97 Å². The van der Waals surface area contributed by atoms with Crippen LogP contribution in [0.2, 0.25) is 0 Å². The summed E-state index contributed by atoms with van der Waals surface area (Å²) in [7, 11) is 0. The van der Waals surface area contributed by atoms with Crippen molar-refractivity contribution >= 4 is 28.5 Å². The van der Waals surface area contributed by atoms with Crippen LogP contribution in [-0.4, -0.2) is 9.97 Å². The second-order valence-electron chi connectivity index (χ2n) is 3.38. The fourth-order valence-corrected chi connectivity index (χ4v) is 1.57. The first-order valence-corrected chi connectivity index (χ1v) is 6.00. The van der Waals surface area contributed by atoms with Gasteiger partial charge in [0.1, 0.15) is 5.75 Å². The van der Waals surface area contributed by atoms with Gasteiger partial charge in [-0.2, -0.15) is 4.98 Å². The van der Waals surface area contributed by atoms with Crippen molar-refractivity contribution in [3.63, 3.8) is 0 Å². The molecule has 6 heteroatoms. The zero-order valence-corrected chi connectivity index (χ0v) is 11.3. The zero-order valence-electron chi connectivity index (χ0n) is 9.14. The van der Waals surface area contributed by atoms with Gasteiger partial charge < -0.3 is 4.74 Å². The Hall–Kier alpha value is -1.41. The lowest BCUT2D eigenvalue weighted by molar-refractivity contribution is 0.458. The van der Waals surface area contributed by atoms with E-state index in [0.29, 0.717) is 11.8 Å².